The summed E-state index contributed by atoms with van der Waals surface area (Å²) in [5, 5.41) is 0. The van der Waals surface area contributed by atoms with E-state index in [9.17, 15) is 0 Å². The second-order valence-corrected chi connectivity index (χ2v) is 23.3. The molecule has 0 bridgehead atoms. The maximum absolute atomic E-state index is 2.42. The zero-order chi connectivity index (χ0) is 19.5. The average Bonchev–Trinajstić information content (AvgIpc) is 3.39. The molecule has 0 spiro atoms. The second-order valence-electron chi connectivity index (χ2n) is 9.36. The van der Waals surface area contributed by atoms with Crippen molar-refractivity contribution in [3.05, 3.63) is 35.9 Å². The minimum atomic E-state index is -2.07. The van der Waals surface area contributed by atoms with Crippen molar-refractivity contribution in [2.24, 2.45) is 11.8 Å². The van der Waals surface area contributed by atoms with Gasteiger partial charge in [0.2, 0.25) is 0 Å². The van der Waals surface area contributed by atoms with Crippen LogP contribution in [0.1, 0.15) is 91.0 Å². The molecule has 27 heavy (non-hydrogen) atoms. The fraction of sp³-hybridized carbons (Fsp3) is 0.769. The van der Waals surface area contributed by atoms with Gasteiger partial charge in [-0.05, 0) is 0 Å². The summed E-state index contributed by atoms with van der Waals surface area (Å²) in [6, 6.07) is 11.4. The first-order chi connectivity index (χ1) is 13.2. The Morgan fingerprint density at radius 3 is 1.67 bits per heavy atom. The van der Waals surface area contributed by atoms with Crippen LogP contribution in [0.25, 0.3) is 0 Å². The van der Waals surface area contributed by atoms with Crippen molar-refractivity contribution in [2.45, 2.75) is 109 Å². The van der Waals surface area contributed by atoms with Crippen LogP contribution in [0.5, 0.6) is 0 Å². The molecule has 154 valence electrons. The molecule has 1 saturated carbocycles. The third kappa shape index (κ3) is 6.79. The van der Waals surface area contributed by atoms with E-state index in [4.69, 9.17) is 0 Å². The molecule has 2 rings (SSSR count). The Morgan fingerprint density at radius 2 is 1.19 bits per heavy atom. The van der Waals surface area contributed by atoms with E-state index in [1.165, 1.54) is 68.1 Å². The number of benzene rings is 1. The van der Waals surface area contributed by atoms with E-state index in [0.29, 0.717) is 0 Å². The van der Waals surface area contributed by atoms with Gasteiger partial charge in [-0.25, -0.2) is 0 Å². The standard InChI is InChI=1S/C14H19.3C4H9.Sn/c1-2-3-9-13-11-14(13)10-12-7-5-4-6-8-12;3*1-3-4-2;/h4-8,11,13-14H,2-3,9-10H2,1H3;3*1,3-4H2,2H3;/t13-,14-;;;;/m1..../s1. The first-order valence-electron chi connectivity index (χ1n) is 12.3. The number of rotatable bonds is 15. The van der Waals surface area contributed by atoms with Crippen LogP contribution in [0.15, 0.2) is 30.3 Å². The molecule has 0 heterocycles. The van der Waals surface area contributed by atoms with E-state index in [-0.39, 0.29) is 0 Å². The van der Waals surface area contributed by atoms with Crippen LogP contribution >= 0.6 is 0 Å². The SMILES string of the molecule is CCCC[C@H]1[C@H](Cc2ccccc2)[C@@H]1[Sn]([CH2]CCC)([CH2]CCC)[CH2]CCC. The Kier molecular flexibility index (Phi) is 10.8. The second kappa shape index (κ2) is 12.6. The first-order valence-corrected chi connectivity index (χ1v) is 20.0. The molecular weight excluding hydrogens is 431 g/mol. The van der Waals surface area contributed by atoms with Crippen molar-refractivity contribution < 1.29 is 0 Å². The molecule has 1 aliphatic carbocycles. The summed E-state index contributed by atoms with van der Waals surface area (Å²) in [6.07, 6.45) is 14.6. The van der Waals surface area contributed by atoms with Crippen molar-refractivity contribution in [1.82, 2.24) is 0 Å². The van der Waals surface area contributed by atoms with E-state index >= 15 is 0 Å². The van der Waals surface area contributed by atoms with Crippen LogP contribution in [-0.4, -0.2) is 18.4 Å². The van der Waals surface area contributed by atoms with Gasteiger partial charge in [0, 0.05) is 0 Å². The molecule has 0 saturated heterocycles. The molecule has 0 nitrogen and oxygen atoms in total. The molecule has 0 amide bonds. The van der Waals surface area contributed by atoms with Gasteiger partial charge in [0.25, 0.3) is 0 Å². The van der Waals surface area contributed by atoms with Gasteiger partial charge in [-0.2, -0.15) is 0 Å². The van der Waals surface area contributed by atoms with Gasteiger partial charge in [0.05, 0.1) is 0 Å². The van der Waals surface area contributed by atoms with Crippen LogP contribution in [0, 0.1) is 11.8 Å². The first kappa shape index (κ1) is 23.3. The minimum absolute atomic E-state index is 1.04. The molecule has 1 fully saturated rings. The molecule has 3 atom stereocenters. The van der Waals surface area contributed by atoms with Gasteiger partial charge in [-0.15, -0.1) is 0 Å². The average molecular weight is 477 g/mol. The summed E-state index contributed by atoms with van der Waals surface area (Å²) in [7, 11) is 0. The van der Waals surface area contributed by atoms with E-state index in [1.54, 1.807) is 18.9 Å². The normalized spacial score (nSPS) is 22.1. The molecule has 1 heteroatoms. The molecule has 1 aromatic rings. The number of hydrogen-bond acceptors (Lipinski definition) is 0. The van der Waals surface area contributed by atoms with Gasteiger partial charge in [-0.3, -0.25) is 0 Å². The van der Waals surface area contributed by atoms with Crippen LogP contribution in [0.3, 0.4) is 0 Å². The Labute approximate surface area is 174 Å². The number of unbranched alkanes of at least 4 members (excludes halogenated alkanes) is 4. The van der Waals surface area contributed by atoms with Gasteiger partial charge in [0.15, 0.2) is 0 Å². The molecule has 0 N–H and O–H groups in total. The van der Waals surface area contributed by atoms with E-state index in [1.807, 2.05) is 0 Å². The summed E-state index contributed by atoms with van der Waals surface area (Å²) >= 11 is -2.07. The Bertz CT molecular complexity index is 472. The molecule has 0 unspecified atom stereocenters. The fourth-order valence-corrected chi connectivity index (χ4v) is 27.0. The van der Waals surface area contributed by atoms with Crippen molar-refractivity contribution in [3.8, 4) is 0 Å². The van der Waals surface area contributed by atoms with E-state index in [0.717, 1.165) is 11.8 Å². The third-order valence-corrected chi connectivity index (χ3v) is 25.4. The molecule has 1 aliphatic rings. The Hall–Kier alpha value is 0.0187. The van der Waals surface area contributed by atoms with Crippen LogP contribution in [0.2, 0.25) is 17.2 Å². The predicted molar refractivity (Wildman–Crippen MR) is 125 cm³/mol. The fourth-order valence-electron chi connectivity index (χ4n) is 5.81. The third-order valence-electron chi connectivity index (χ3n) is 7.33. The Balaban J connectivity index is 2.21. The summed E-state index contributed by atoms with van der Waals surface area (Å²) < 4.78 is 6.30. The number of hydrogen-bond donors (Lipinski definition) is 0. The van der Waals surface area contributed by atoms with Gasteiger partial charge >= 0.3 is 175 Å². The van der Waals surface area contributed by atoms with Crippen molar-refractivity contribution >= 4 is 18.4 Å². The van der Waals surface area contributed by atoms with Gasteiger partial charge in [-0.1, -0.05) is 0 Å². The predicted octanol–water partition coefficient (Wildman–Crippen LogP) is 8.88. The zero-order valence-corrected chi connectivity index (χ0v) is 21.7. The maximum atomic E-state index is 2.42. The zero-order valence-electron chi connectivity index (χ0n) is 18.8. The molecule has 1 aromatic carbocycles. The topological polar surface area (TPSA) is 0 Å². The van der Waals surface area contributed by atoms with Crippen LogP contribution in [0.4, 0.5) is 0 Å². The summed E-state index contributed by atoms with van der Waals surface area (Å²) in [5.41, 5.74) is 1.60. The van der Waals surface area contributed by atoms with E-state index in [2.05, 4.69) is 58.0 Å². The van der Waals surface area contributed by atoms with Crippen LogP contribution in [-0.2, 0) is 6.42 Å². The van der Waals surface area contributed by atoms with Crippen molar-refractivity contribution in [3.63, 3.8) is 0 Å². The molecule has 0 aliphatic heterocycles. The Morgan fingerprint density at radius 1 is 0.667 bits per heavy atom. The van der Waals surface area contributed by atoms with Gasteiger partial charge < -0.3 is 0 Å². The summed E-state index contributed by atoms with van der Waals surface area (Å²) in [6.45, 7) is 9.63. The quantitative estimate of drug-likeness (QED) is 0.221. The summed E-state index contributed by atoms with van der Waals surface area (Å²) in [4.78, 5) is 0. The van der Waals surface area contributed by atoms with Crippen molar-refractivity contribution in [2.75, 3.05) is 0 Å². The molecular formula is C26H46Sn. The molecule has 0 radical (unpaired) electrons. The monoisotopic (exact) mass is 478 g/mol. The molecule has 0 aromatic heterocycles. The summed E-state index contributed by atoms with van der Waals surface area (Å²) in [5.74, 6) is 2.13. The van der Waals surface area contributed by atoms with Crippen LogP contribution < -0.4 is 0 Å². The van der Waals surface area contributed by atoms with Gasteiger partial charge in [0.1, 0.15) is 0 Å². The van der Waals surface area contributed by atoms with E-state index < -0.39 is 18.4 Å². The van der Waals surface area contributed by atoms with Crippen molar-refractivity contribution in [1.29, 1.82) is 0 Å².